The summed E-state index contributed by atoms with van der Waals surface area (Å²) in [5, 5.41) is 28.1. The first-order valence-electron chi connectivity index (χ1n) is 8.57. The summed E-state index contributed by atoms with van der Waals surface area (Å²) in [7, 11) is 0. The lowest BCUT2D eigenvalue weighted by molar-refractivity contribution is -0.139. The number of allylic oxidation sites excluding steroid dienone is 3. The van der Waals surface area contributed by atoms with Crippen LogP contribution in [-0.4, -0.2) is 22.7 Å². The Kier molecular flexibility index (Phi) is 5.71. The molecule has 0 aliphatic heterocycles. The van der Waals surface area contributed by atoms with Crippen LogP contribution in [-0.2, 0) is 4.79 Å². The van der Waals surface area contributed by atoms with Crippen molar-refractivity contribution >= 4 is 52.2 Å². The molecule has 2 aromatic rings. The maximum Gasteiger partial charge on any atom is 0.341 e. The van der Waals surface area contributed by atoms with E-state index in [9.17, 15) is 15.3 Å². The van der Waals surface area contributed by atoms with Gasteiger partial charge >= 0.3 is 5.97 Å². The number of carboxylic acid groups (broad SMARTS) is 1. The standard InChI is InChI=1S/C21H14Cl2N4O3/c1-9-12(3-11-4-15(22)20(16(23)5-11)30-8-17(28)29)18-10(2)14(7-25)21(26)27-19(18)13(9)6-24/h3-5H,8H2,1-2H3,(H2,26,27)(H,28,29). The summed E-state index contributed by atoms with van der Waals surface area (Å²) in [6, 6.07) is 7.34. The molecule has 1 aromatic carbocycles. The lowest BCUT2D eigenvalue weighted by Crippen LogP contribution is -2.10. The predicted octanol–water partition coefficient (Wildman–Crippen LogP) is 4.47. The van der Waals surface area contributed by atoms with Crippen LogP contribution in [0.5, 0.6) is 5.75 Å². The molecule has 1 aliphatic rings. The van der Waals surface area contributed by atoms with E-state index in [-0.39, 0.29) is 27.2 Å². The molecule has 0 fully saturated rings. The first kappa shape index (κ1) is 21.2. The van der Waals surface area contributed by atoms with Crippen molar-refractivity contribution in [2.24, 2.45) is 0 Å². The minimum atomic E-state index is -1.16. The third kappa shape index (κ3) is 3.57. The zero-order chi connectivity index (χ0) is 22.2. The van der Waals surface area contributed by atoms with E-state index in [1.807, 2.05) is 0 Å². The number of hydrogen-bond acceptors (Lipinski definition) is 6. The van der Waals surface area contributed by atoms with Gasteiger partial charge in [-0.1, -0.05) is 23.2 Å². The van der Waals surface area contributed by atoms with Crippen molar-refractivity contribution in [1.82, 2.24) is 4.98 Å². The third-order valence-electron chi connectivity index (χ3n) is 4.66. The largest absolute Gasteiger partial charge is 0.479 e. The summed E-state index contributed by atoms with van der Waals surface area (Å²) >= 11 is 12.5. The Labute approximate surface area is 182 Å². The molecule has 30 heavy (non-hydrogen) atoms. The fourth-order valence-corrected chi connectivity index (χ4v) is 3.91. The van der Waals surface area contributed by atoms with Crippen LogP contribution in [0.25, 0.3) is 17.2 Å². The van der Waals surface area contributed by atoms with Crippen LogP contribution in [0.2, 0.25) is 10.0 Å². The van der Waals surface area contributed by atoms with Crippen molar-refractivity contribution < 1.29 is 14.6 Å². The van der Waals surface area contributed by atoms with Gasteiger partial charge in [0.25, 0.3) is 0 Å². The summed E-state index contributed by atoms with van der Waals surface area (Å²) < 4.78 is 5.13. The van der Waals surface area contributed by atoms with Gasteiger partial charge in [-0.2, -0.15) is 10.5 Å². The maximum absolute atomic E-state index is 10.7. The number of hydrogen-bond donors (Lipinski definition) is 2. The fourth-order valence-electron chi connectivity index (χ4n) is 3.30. The molecule has 1 heterocycles. The van der Waals surface area contributed by atoms with Gasteiger partial charge in [-0.3, -0.25) is 0 Å². The Morgan fingerprint density at radius 3 is 2.43 bits per heavy atom. The molecule has 0 saturated heterocycles. The molecule has 150 valence electrons. The number of fused-ring (bicyclic) bond motifs is 1. The van der Waals surface area contributed by atoms with Crippen LogP contribution in [0.1, 0.15) is 34.9 Å². The molecule has 0 unspecified atom stereocenters. The van der Waals surface area contributed by atoms with Crippen LogP contribution in [0.4, 0.5) is 5.82 Å². The van der Waals surface area contributed by atoms with E-state index in [4.69, 9.17) is 38.8 Å². The molecule has 0 amide bonds. The van der Waals surface area contributed by atoms with Crippen LogP contribution in [0, 0.1) is 29.6 Å². The molecule has 3 N–H and O–H groups in total. The highest BCUT2D eigenvalue weighted by Crippen LogP contribution is 2.45. The number of carboxylic acids is 1. The zero-order valence-electron chi connectivity index (χ0n) is 15.9. The van der Waals surface area contributed by atoms with E-state index in [2.05, 4.69) is 17.1 Å². The van der Waals surface area contributed by atoms with Gasteiger partial charge < -0.3 is 15.6 Å². The Bertz CT molecular complexity index is 1230. The van der Waals surface area contributed by atoms with Crippen molar-refractivity contribution in [3.05, 3.63) is 55.7 Å². The molecule has 0 radical (unpaired) electrons. The third-order valence-corrected chi connectivity index (χ3v) is 5.22. The summed E-state index contributed by atoms with van der Waals surface area (Å²) in [6.07, 6.45) is 1.77. The average molecular weight is 441 g/mol. The van der Waals surface area contributed by atoms with Gasteiger partial charge in [0.1, 0.15) is 18.0 Å². The molecular weight excluding hydrogens is 427 g/mol. The van der Waals surface area contributed by atoms with Crippen molar-refractivity contribution in [3.63, 3.8) is 0 Å². The van der Waals surface area contributed by atoms with Gasteiger partial charge in [0, 0.05) is 5.56 Å². The number of nitriles is 2. The van der Waals surface area contributed by atoms with E-state index in [0.29, 0.717) is 39.1 Å². The number of aromatic nitrogens is 1. The van der Waals surface area contributed by atoms with Crippen LogP contribution >= 0.6 is 23.2 Å². The second-order valence-electron chi connectivity index (χ2n) is 6.50. The number of pyridine rings is 1. The summed E-state index contributed by atoms with van der Waals surface area (Å²) in [5.41, 5.74) is 10.2. The minimum Gasteiger partial charge on any atom is -0.479 e. The van der Waals surface area contributed by atoms with Gasteiger partial charge in [0.2, 0.25) is 0 Å². The zero-order valence-corrected chi connectivity index (χ0v) is 17.4. The number of anilines is 1. The molecule has 7 nitrogen and oxygen atoms in total. The molecule has 3 rings (SSSR count). The minimum absolute atomic E-state index is 0.0667. The average Bonchev–Trinajstić information content (AvgIpc) is 2.92. The van der Waals surface area contributed by atoms with E-state index in [1.165, 1.54) is 0 Å². The Morgan fingerprint density at radius 2 is 1.90 bits per heavy atom. The Hall–Kier alpha value is -3.52. The Balaban J connectivity index is 2.18. The second kappa shape index (κ2) is 8.08. The molecule has 1 aliphatic carbocycles. The highest BCUT2D eigenvalue weighted by Gasteiger charge is 2.29. The number of aliphatic carboxylic acids is 1. The number of nitrogens with two attached hydrogens (primary N) is 1. The molecule has 0 saturated carbocycles. The SMILES string of the molecule is CC1=C(C#N)c2nc(N)c(C#N)c(C)c2C1=Cc1cc(Cl)c(OCC(=O)O)c(Cl)c1. The van der Waals surface area contributed by atoms with Gasteiger partial charge in [0.15, 0.2) is 12.4 Å². The van der Waals surface area contributed by atoms with Gasteiger partial charge in [-0.15, -0.1) is 0 Å². The quantitative estimate of drug-likeness (QED) is 0.715. The fraction of sp³-hybridized carbons (Fsp3) is 0.143. The number of nitrogens with zero attached hydrogens (tertiary/aromatic N) is 3. The Morgan fingerprint density at radius 1 is 1.27 bits per heavy atom. The number of halogens is 2. The number of carbonyl (C=O) groups is 1. The van der Waals surface area contributed by atoms with Crippen LogP contribution in [0.3, 0.4) is 0 Å². The predicted molar refractivity (Wildman–Crippen MR) is 114 cm³/mol. The maximum atomic E-state index is 10.7. The van der Waals surface area contributed by atoms with Gasteiger partial charge in [0.05, 0.1) is 26.9 Å². The van der Waals surface area contributed by atoms with Gasteiger partial charge in [-0.25, -0.2) is 9.78 Å². The smallest absolute Gasteiger partial charge is 0.341 e. The lowest BCUT2D eigenvalue weighted by atomic mass is 9.95. The van der Waals surface area contributed by atoms with E-state index in [1.54, 1.807) is 32.1 Å². The van der Waals surface area contributed by atoms with E-state index < -0.39 is 12.6 Å². The molecular formula is C21H14Cl2N4O3. The highest BCUT2D eigenvalue weighted by molar-refractivity contribution is 6.37. The van der Waals surface area contributed by atoms with E-state index in [0.717, 1.165) is 0 Å². The first-order chi connectivity index (χ1) is 14.2. The van der Waals surface area contributed by atoms with Crippen LogP contribution < -0.4 is 10.5 Å². The van der Waals surface area contributed by atoms with Crippen LogP contribution in [0.15, 0.2) is 17.7 Å². The molecule has 0 spiro atoms. The molecule has 9 heteroatoms. The molecule has 1 aromatic heterocycles. The topological polar surface area (TPSA) is 133 Å². The number of benzene rings is 1. The molecule has 0 bridgehead atoms. The number of nitrogen functional groups attached to an aromatic ring is 1. The van der Waals surface area contributed by atoms with Crippen molar-refractivity contribution in [3.8, 4) is 17.9 Å². The monoisotopic (exact) mass is 440 g/mol. The summed E-state index contributed by atoms with van der Waals surface area (Å²) in [6.45, 7) is 2.95. The molecule has 0 atom stereocenters. The first-order valence-corrected chi connectivity index (χ1v) is 9.32. The van der Waals surface area contributed by atoms with Crippen molar-refractivity contribution in [2.45, 2.75) is 13.8 Å². The highest BCUT2D eigenvalue weighted by atomic mass is 35.5. The lowest BCUT2D eigenvalue weighted by Gasteiger charge is -2.12. The summed E-state index contributed by atoms with van der Waals surface area (Å²) in [4.78, 5) is 15.0. The van der Waals surface area contributed by atoms with Crippen molar-refractivity contribution in [1.29, 1.82) is 10.5 Å². The summed E-state index contributed by atoms with van der Waals surface area (Å²) in [5.74, 6) is -1.02. The van der Waals surface area contributed by atoms with Gasteiger partial charge in [-0.05, 0) is 54.3 Å². The van der Waals surface area contributed by atoms with E-state index >= 15 is 0 Å². The number of rotatable bonds is 4. The number of ether oxygens (including phenoxy) is 1. The second-order valence-corrected chi connectivity index (χ2v) is 7.31. The van der Waals surface area contributed by atoms with Crippen molar-refractivity contribution in [2.75, 3.05) is 12.3 Å². The normalized spacial score (nSPS) is 13.7.